The van der Waals surface area contributed by atoms with Gasteiger partial charge in [0.2, 0.25) is 0 Å². The number of nitrogens with one attached hydrogen (secondary N) is 1. The Kier molecular flexibility index (Phi) is 7.13. The third-order valence-electron chi connectivity index (χ3n) is 2.24. The highest BCUT2D eigenvalue weighted by Gasteiger charge is 2.10. The predicted molar refractivity (Wildman–Crippen MR) is 58.0 cm³/mol. The summed E-state index contributed by atoms with van der Waals surface area (Å²) in [6, 6.07) is 0. The lowest BCUT2D eigenvalue weighted by atomic mass is 10.1. The SMILES string of the molecule is CCCCCCCCN(C)S([NH])(=O)=O. The Morgan fingerprint density at radius 2 is 1.57 bits per heavy atom. The van der Waals surface area contributed by atoms with Crippen LogP contribution in [0.1, 0.15) is 45.4 Å². The zero-order valence-corrected chi connectivity index (χ0v) is 9.94. The highest BCUT2D eigenvalue weighted by atomic mass is 32.2. The number of unbranched alkanes of at least 4 members (excludes halogenated alkanes) is 5. The second kappa shape index (κ2) is 7.20. The summed E-state index contributed by atoms with van der Waals surface area (Å²) in [4.78, 5) is 0. The summed E-state index contributed by atoms with van der Waals surface area (Å²) in [6.07, 6.45) is 6.79. The van der Waals surface area contributed by atoms with Crippen LogP contribution in [-0.4, -0.2) is 26.3 Å². The van der Waals surface area contributed by atoms with Crippen LogP contribution in [0.3, 0.4) is 0 Å². The van der Waals surface area contributed by atoms with E-state index in [1.165, 1.54) is 32.7 Å². The van der Waals surface area contributed by atoms with E-state index < -0.39 is 10.2 Å². The molecule has 0 fully saturated rings. The van der Waals surface area contributed by atoms with E-state index in [-0.39, 0.29) is 0 Å². The summed E-state index contributed by atoms with van der Waals surface area (Å²) < 4.78 is 22.5. The molecule has 0 aromatic carbocycles. The maximum absolute atomic E-state index is 10.7. The molecule has 0 rings (SSSR count). The van der Waals surface area contributed by atoms with Crippen LogP contribution in [0.2, 0.25) is 0 Å². The van der Waals surface area contributed by atoms with Crippen molar-refractivity contribution in [1.82, 2.24) is 9.44 Å². The van der Waals surface area contributed by atoms with Crippen molar-refractivity contribution in [2.75, 3.05) is 13.6 Å². The van der Waals surface area contributed by atoms with Crippen molar-refractivity contribution < 1.29 is 8.42 Å². The maximum Gasteiger partial charge on any atom is 0.292 e. The van der Waals surface area contributed by atoms with Gasteiger partial charge >= 0.3 is 0 Å². The zero-order chi connectivity index (χ0) is 11.0. The lowest BCUT2D eigenvalue weighted by Crippen LogP contribution is -2.28. The lowest BCUT2D eigenvalue weighted by molar-refractivity contribution is 0.448. The van der Waals surface area contributed by atoms with Gasteiger partial charge in [0.25, 0.3) is 10.2 Å². The molecule has 1 N–H and O–H groups in total. The molecule has 14 heavy (non-hydrogen) atoms. The van der Waals surface area contributed by atoms with Gasteiger partial charge in [-0.25, -0.2) is 0 Å². The molecular weight excluding hydrogens is 200 g/mol. The van der Waals surface area contributed by atoms with Crippen molar-refractivity contribution >= 4 is 10.2 Å². The van der Waals surface area contributed by atoms with E-state index in [0.717, 1.165) is 17.1 Å². The van der Waals surface area contributed by atoms with Crippen LogP contribution in [-0.2, 0) is 10.2 Å². The van der Waals surface area contributed by atoms with Crippen LogP contribution in [0.25, 0.3) is 0 Å². The number of hydrogen-bond acceptors (Lipinski definition) is 2. The first-order valence-electron chi connectivity index (χ1n) is 5.19. The molecule has 5 heteroatoms. The molecule has 0 amide bonds. The Balaban J connectivity index is 3.37. The maximum atomic E-state index is 10.7. The lowest BCUT2D eigenvalue weighted by Gasteiger charge is -2.11. The van der Waals surface area contributed by atoms with Gasteiger partial charge in [0, 0.05) is 13.6 Å². The summed E-state index contributed by atoms with van der Waals surface area (Å²) in [7, 11) is -2.26. The second-order valence-corrected chi connectivity index (χ2v) is 5.17. The third kappa shape index (κ3) is 7.29. The van der Waals surface area contributed by atoms with Crippen molar-refractivity contribution in [3.63, 3.8) is 0 Å². The average Bonchev–Trinajstić information content (AvgIpc) is 2.09. The molecule has 0 aromatic rings. The van der Waals surface area contributed by atoms with Crippen LogP contribution in [0.15, 0.2) is 0 Å². The molecule has 0 aliphatic carbocycles. The first-order valence-corrected chi connectivity index (χ1v) is 6.63. The van der Waals surface area contributed by atoms with Gasteiger partial charge in [0.05, 0.1) is 0 Å². The monoisotopic (exact) mass is 221 g/mol. The van der Waals surface area contributed by atoms with Crippen molar-refractivity contribution in [3.8, 4) is 0 Å². The van der Waals surface area contributed by atoms with Gasteiger partial charge in [-0.1, -0.05) is 39.0 Å². The fraction of sp³-hybridized carbons (Fsp3) is 1.00. The normalized spacial score (nSPS) is 12.3. The molecule has 0 heterocycles. The molecule has 0 saturated carbocycles. The van der Waals surface area contributed by atoms with Gasteiger partial charge in [-0.05, 0) is 6.42 Å². The number of rotatable bonds is 8. The first-order chi connectivity index (χ1) is 6.48. The fourth-order valence-corrected chi connectivity index (χ4v) is 1.60. The van der Waals surface area contributed by atoms with Gasteiger partial charge in [-0.3, -0.25) is 0 Å². The van der Waals surface area contributed by atoms with Gasteiger partial charge in [-0.2, -0.15) is 12.7 Å². The van der Waals surface area contributed by atoms with E-state index in [1.54, 1.807) is 0 Å². The van der Waals surface area contributed by atoms with E-state index in [0.29, 0.717) is 6.54 Å². The van der Waals surface area contributed by atoms with Gasteiger partial charge in [0.1, 0.15) is 0 Å². The smallest absolute Gasteiger partial charge is 0.194 e. The standard InChI is InChI=1S/C9H21N2O2S/c1-3-4-5-6-7-8-9-11(2)14(10,12)13/h10H,3-9H2,1-2H3. The summed E-state index contributed by atoms with van der Waals surface area (Å²) in [6.45, 7) is 2.64. The molecule has 0 aliphatic rings. The van der Waals surface area contributed by atoms with Crippen molar-refractivity contribution in [2.24, 2.45) is 0 Å². The third-order valence-corrected chi connectivity index (χ3v) is 3.24. The largest absolute Gasteiger partial charge is 0.292 e. The Morgan fingerprint density at radius 1 is 1.07 bits per heavy atom. The van der Waals surface area contributed by atoms with Crippen molar-refractivity contribution in [1.29, 1.82) is 0 Å². The van der Waals surface area contributed by atoms with E-state index in [4.69, 9.17) is 5.14 Å². The molecule has 4 nitrogen and oxygen atoms in total. The number of hydrogen-bond donors (Lipinski definition) is 0. The minimum absolute atomic E-state index is 0.470. The van der Waals surface area contributed by atoms with Crippen LogP contribution in [0.5, 0.6) is 0 Å². The summed E-state index contributed by atoms with van der Waals surface area (Å²) in [5.74, 6) is 0. The molecule has 1 radical (unpaired) electrons. The Hall–Kier alpha value is -0.130. The zero-order valence-electron chi connectivity index (χ0n) is 9.12. The molecule has 0 saturated heterocycles. The first kappa shape index (κ1) is 13.9. The topological polar surface area (TPSA) is 61.2 Å². The van der Waals surface area contributed by atoms with E-state index in [9.17, 15) is 8.42 Å². The molecule has 0 bridgehead atoms. The van der Waals surface area contributed by atoms with E-state index in [2.05, 4.69) is 6.92 Å². The quantitative estimate of drug-likeness (QED) is 0.587. The van der Waals surface area contributed by atoms with Crippen molar-refractivity contribution in [2.45, 2.75) is 45.4 Å². The second-order valence-electron chi connectivity index (χ2n) is 3.59. The van der Waals surface area contributed by atoms with Crippen LogP contribution in [0, 0.1) is 0 Å². The summed E-state index contributed by atoms with van der Waals surface area (Å²) in [5.41, 5.74) is 0. The predicted octanol–water partition coefficient (Wildman–Crippen LogP) is 1.81. The Bertz CT molecular complexity index is 227. The molecule has 0 aromatic heterocycles. The molecular formula is C9H21N2O2S. The van der Waals surface area contributed by atoms with Gasteiger partial charge < -0.3 is 0 Å². The summed E-state index contributed by atoms with van der Waals surface area (Å²) in [5, 5.41) is 6.78. The van der Waals surface area contributed by atoms with Crippen LogP contribution >= 0.6 is 0 Å². The van der Waals surface area contributed by atoms with E-state index in [1.807, 2.05) is 0 Å². The minimum atomic E-state index is -3.72. The van der Waals surface area contributed by atoms with Crippen molar-refractivity contribution in [3.05, 3.63) is 0 Å². The number of nitrogens with zero attached hydrogens (tertiary/aromatic N) is 1. The highest BCUT2D eigenvalue weighted by molar-refractivity contribution is 7.86. The Morgan fingerprint density at radius 3 is 2.07 bits per heavy atom. The molecule has 0 atom stereocenters. The summed E-state index contributed by atoms with van der Waals surface area (Å²) >= 11 is 0. The highest BCUT2D eigenvalue weighted by Crippen LogP contribution is 2.06. The molecule has 0 spiro atoms. The molecule has 0 unspecified atom stereocenters. The fourth-order valence-electron chi connectivity index (χ4n) is 1.23. The van der Waals surface area contributed by atoms with Crippen LogP contribution < -0.4 is 5.14 Å². The van der Waals surface area contributed by atoms with Gasteiger partial charge in [0.15, 0.2) is 0 Å². The van der Waals surface area contributed by atoms with E-state index >= 15 is 0 Å². The van der Waals surface area contributed by atoms with Crippen LogP contribution in [0.4, 0.5) is 0 Å². The molecule has 85 valence electrons. The average molecular weight is 221 g/mol. The van der Waals surface area contributed by atoms with Gasteiger partial charge in [-0.15, -0.1) is 5.14 Å². The Labute approximate surface area is 87.7 Å². The molecule has 0 aliphatic heterocycles. The minimum Gasteiger partial charge on any atom is -0.194 e.